The molecule has 0 radical (unpaired) electrons. The van der Waals surface area contributed by atoms with Gasteiger partial charge in [0, 0.05) is 12.1 Å². The Bertz CT molecular complexity index is 1050. The Morgan fingerprint density at radius 1 is 1.17 bits per heavy atom. The number of aryl methyl sites for hydroxylation is 1. The van der Waals surface area contributed by atoms with Gasteiger partial charge in [0.2, 0.25) is 5.88 Å². The van der Waals surface area contributed by atoms with Gasteiger partial charge in [0.15, 0.2) is 0 Å². The van der Waals surface area contributed by atoms with E-state index in [1.54, 1.807) is 12.4 Å². The zero-order chi connectivity index (χ0) is 20.7. The second-order valence-corrected chi connectivity index (χ2v) is 8.06. The van der Waals surface area contributed by atoms with Crippen molar-refractivity contribution in [3.63, 3.8) is 0 Å². The van der Waals surface area contributed by atoms with Crippen LogP contribution in [0.15, 0.2) is 48.9 Å². The second kappa shape index (κ2) is 7.51. The van der Waals surface area contributed by atoms with Gasteiger partial charge in [-0.05, 0) is 50.3 Å². The molecule has 1 unspecified atom stereocenters. The van der Waals surface area contributed by atoms with Crippen LogP contribution in [0.2, 0.25) is 0 Å². The van der Waals surface area contributed by atoms with E-state index in [-0.39, 0.29) is 18.0 Å². The minimum Gasteiger partial charge on any atom is -0.475 e. The number of carbonyl (C=O) groups excluding carboxylic acids is 1. The van der Waals surface area contributed by atoms with Crippen molar-refractivity contribution in [3.8, 4) is 11.6 Å². The predicted molar refractivity (Wildman–Crippen MR) is 107 cm³/mol. The van der Waals surface area contributed by atoms with Crippen molar-refractivity contribution in [2.45, 2.75) is 38.3 Å². The molecule has 2 bridgehead atoms. The van der Waals surface area contributed by atoms with Crippen LogP contribution >= 0.6 is 0 Å². The van der Waals surface area contributed by atoms with E-state index in [1.165, 1.54) is 16.9 Å². The largest absolute Gasteiger partial charge is 0.475 e. The highest BCUT2D eigenvalue weighted by Crippen LogP contribution is 2.43. The molecule has 1 atom stereocenters. The van der Waals surface area contributed by atoms with Gasteiger partial charge in [-0.1, -0.05) is 11.6 Å². The molecular formula is C22H22FN5O2. The van der Waals surface area contributed by atoms with E-state index in [4.69, 9.17) is 4.74 Å². The topological polar surface area (TPSA) is 73.1 Å². The van der Waals surface area contributed by atoms with Gasteiger partial charge in [-0.3, -0.25) is 4.79 Å². The maximum Gasteiger partial charge on any atom is 0.256 e. The molecule has 1 amide bonds. The highest BCUT2D eigenvalue weighted by Gasteiger charge is 2.47. The zero-order valence-electron chi connectivity index (χ0n) is 16.6. The molecule has 3 fully saturated rings. The first-order valence-corrected chi connectivity index (χ1v) is 10.1. The lowest BCUT2D eigenvalue weighted by molar-refractivity contribution is -0.0310. The fraction of sp³-hybridized carbons (Fsp3) is 0.364. The van der Waals surface area contributed by atoms with E-state index in [9.17, 15) is 9.18 Å². The van der Waals surface area contributed by atoms with Crippen molar-refractivity contribution in [2.24, 2.45) is 5.92 Å². The molecule has 2 saturated heterocycles. The number of hydrogen-bond donors (Lipinski definition) is 0. The van der Waals surface area contributed by atoms with Crippen molar-refractivity contribution in [1.29, 1.82) is 0 Å². The minimum absolute atomic E-state index is 0.0326. The molecule has 30 heavy (non-hydrogen) atoms. The van der Waals surface area contributed by atoms with Crippen LogP contribution in [0.1, 0.15) is 35.2 Å². The molecule has 3 aliphatic rings. The molecule has 1 aromatic carbocycles. The Morgan fingerprint density at radius 3 is 2.70 bits per heavy atom. The fourth-order valence-electron chi connectivity index (χ4n) is 4.50. The summed E-state index contributed by atoms with van der Waals surface area (Å²) in [4.78, 5) is 21.1. The van der Waals surface area contributed by atoms with Crippen LogP contribution in [-0.2, 0) is 0 Å². The van der Waals surface area contributed by atoms with Crippen LogP contribution in [0.5, 0.6) is 5.88 Å². The summed E-state index contributed by atoms with van der Waals surface area (Å²) >= 11 is 0. The molecule has 2 aliphatic heterocycles. The Morgan fingerprint density at radius 2 is 1.97 bits per heavy atom. The van der Waals surface area contributed by atoms with Gasteiger partial charge in [-0.2, -0.15) is 15.0 Å². The van der Waals surface area contributed by atoms with Crippen molar-refractivity contribution in [1.82, 2.24) is 24.9 Å². The van der Waals surface area contributed by atoms with E-state index in [0.29, 0.717) is 29.7 Å². The molecule has 7 nitrogen and oxygen atoms in total. The molecule has 0 spiro atoms. The number of ether oxygens (including phenoxy) is 1. The van der Waals surface area contributed by atoms with Gasteiger partial charge >= 0.3 is 0 Å². The average Bonchev–Trinajstić information content (AvgIpc) is 3.26. The average molecular weight is 407 g/mol. The number of rotatable bonds is 5. The summed E-state index contributed by atoms with van der Waals surface area (Å²) in [5.41, 5.74) is 2.25. The number of benzene rings is 1. The highest BCUT2D eigenvalue weighted by atomic mass is 19.1. The number of hydrogen-bond acceptors (Lipinski definition) is 5. The lowest BCUT2D eigenvalue weighted by atomic mass is 9.70. The summed E-state index contributed by atoms with van der Waals surface area (Å²) in [7, 11) is 0. The smallest absolute Gasteiger partial charge is 0.256 e. The number of piperidine rings is 2. The number of carbonyl (C=O) groups is 1. The first-order chi connectivity index (χ1) is 14.6. The lowest BCUT2D eigenvalue weighted by Gasteiger charge is -2.53. The van der Waals surface area contributed by atoms with Crippen LogP contribution in [0.4, 0.5) is 4.39 Å². The van der Waals surface area contributed by atoms with Gasteiger partial charge in [0.25, 0.3) is 5.91 Å². The summed E-state index contributed by atoms with van der Waals surface area (Å²) < 4.78 is 18.9. The van der Waals surface area contributed by atoms with Crippen LogP contribution in [0, 0.1) is 18.7 Å². The van der Waals surface area contributed by atoms with E-state index >= 15 is 0 Å². The third-order valence-electron chi connectivity index (χ3n) is 5.98. The number of halogens is 1. The molecule has 154 valence electrons. The Balaban J connectivity index is 1.42. The van der Waals surface area contributed by atoms with Crippen molar-refractivity contribution in [2.75, 3.05) is 6.61 Å². The van der Waals surface area contributed by atoms with Crippen LogP contribution < -0.4 is 4.74 Å². The number of amides is 1. The number of pyridine rings is 1. The SMILES string of the molecule is Cc1ccc(-n2nccn2)c(C(=O)N2C(COc3ccc(F)cn3)CC3CC2C3)c1. The van der Waals surface area contributed by atoms with Gasteiger partial charge in [-0.25, -0.2) is 9.37 Å². The lowest BCUT2D eigenvalue weighted by Crippen LogP contribution is -2.60. The first kappa shape index (κ1) is 18.7. The molecule has 2 aromatic heterocycles. The maximum atomic E-state index is 13.7. The van der Waals surface area contributed by atoms with Crippen molar-refractivity contribution >= 4 is 5.91 Å². The molecule has 6 rings (SSSR count). The third kappa shape index (κ3) is 3.42. The first-order valence-electron chi connectivity index (χ1n) is 10.1. The summed E-state index contributed by atoms with van der Waals surface area (Å²) in [5.74, 6) is 0.547. The van der Waals surface area contributed by atoms with E-state index in [1.807, 2.05) is 30.0 Å². The van der Waals surface area contributed by atoms with Crippen molar-refractivity contribution in [3.05, 3.63) is 65.9 Å². The second-order valence-electron chi connectivity index (χ2n) is 8.06. The number of fused-ring (bicyclic) bond motifs is 2. The summed E-state index contributed by atoms with van der Waals surface area (Å²) in [6, 6.07) is 8.71. The highest BCUT2D eigenvalue weighted by molar-refractivity contribution is 5.98. The Hall–Kier alpha value is -3.29. The van der Waals surface area contributed by atoms with Crippen LogP contribution in [-0.4, -0.2) is 49.5 Å². The summed E-state index contributed by atoms with van der Waals surface area (Å²) in [6.07, 6.45) is 7.27. The Labute approximate surface area is 173 Å². The fourth-order valence-corrected chi connectivity index (χ4v) is 4.50. The summed E-state index contributed by atoms with van der Waals surface area (Å²) in [6.45, 7) is 2.30. The van der Waals surface area contributed by atoms with E-state index < -0.39 is 5.82 Å². The molecule has 4 heterocycles. The minimum atomic E-state index is -0.405. The summed E-state index contributed by atoms with van der Waals surface area (Å²) in [5, 5.41) is 8.41. The molecular weight excluding hydrogens is 385 g/mol. The van der Waals surface area contributed by atoms with Crippen LogP contribution in [0.25, 0.3) is 5.69 Å². The van der Waals surface area contributed by atoms with Gasteiger partial charge in [-0.15, -0.1) is 0 Å². The standard InChI is InChI=1S/C22H22FN5O2/c1-14-2-4-20(28-25-6-7-26-28)19(8-14)22(29)27-17-9-15(10-17)11-18(27)13-30-21-5-3-16(23)12-24-21/h2-8,12,15,17-18H,9-11,13H2,1H3. The molecule has 1 aliphatic carbocycles. The zero-order valence-corrected chi connectivity index (χ0v) is 16.6. The molecule has 0 N–H and O–H groups in total. The quantitative estimate of drug-likeness (QED) is 0.650. The van der Waals surface area contributed by atoms with Gasteiger partial charge in [0.05, 0.1) is 35.9 Å². The van der Waals surface area contributed by atoms with Crippen LogP contribution in [0.3, 0.4) is 0 Å². The molecule has 8 heteroatoms. The number of nitrogens with zero attached hydrogens (tertiary/aromatic N) is 5. The maximum absolute atomic E-state index is 13.7. The third-order valence-corrected chi connectivity index (χ3v) is 5.98. The van der Waals surface area contributed by atoms with Gasteiger partial charge in [0.1, 0.15) is 12.4 Å². The number of aromatic nitrogens is 4. The Kier molecular flexibility index (Phi) is 4.69. The van der Waals surface area contributed by atoms with E-state index in [0.717, 1.165) is 31.0 Å². The van der Waals surface area contributed by atoms with Crippen molar-refractivity contribution < 1.29 is 13.9 Å². The monoisotopic (exact) mass is 407 g/mol. The van der Waals surface area contributed by atoms with Gasteiger partial charge < -0.3 is 9.64 Å². The normalized spacial score (nSPS) is 22.5. The molecule has 1 saturated carbocycles. The molecule has 3 aromatic rings. The predicted octanol–water partition coefficient (Wildman–Crippen LogP) is 3.18. The van der Waals surface area contributed by atoms with E-state index in [2.05, 4.69) is 15.2 Å².